The van der Waals surface area contributed by atoms with E-state index in [0.717, 1.165) is 25.0 Å². The van der Waals surface area contributed by atoms with Gasteiger partial charge in [0.2, 0.25) is 5.91 Å². The summed E-state index contributed by atoms with van der Waals surface area (Å²) in [6.45, 7) is -0.544. The third-order valence-electron chi connectivity index (χ3n) is 4.35. The van der Waals surface area contributed by atoms with Gasteiger partial charge in [0, 0.05) is 0 Å². The van der Waals surface area contributed by atoms with Gasteiger partial charge in [0.15, 0.2) is 17.5 Å². The van der Waals surface area contributed by atoms with E-state index >= 15 is 0 Å². The van der Waals surface area contributed by atoms with Gasteiger partial charge >= 0.3 is 0 Å². The lowest BCUT2D eigenvalue weighted by Crippen LogP contribution is -2.39. The highest BCUT2D eigenvalue weighted by molar-refractivity contribution is 5.80. The zero-order valence-corrected chi connectivity index (χ0v) is 11.7. The largest absolute Gasteiger partial charge is 0.394 e. The van der Waals surface area contributed by atoms with E-state index in [1.807, 2.05) is 0 Å². The Bertz CT molecular complexity index is 572. The van der Waals surface area contributed by atoms with Gasteiger partial charge in [-0.2, -0.15) is 0 Å². The number of carbonyl (C=O) groups is 1. The van der Waals surface area contributed by atoms with Crippen molar-refractivity contribution in [3.05, 3.63) is 35.1 Å². The fourth-order valence-electron chi connectivity index (χ4n) is 3.20. The van der Waals surface area contributed by atoms with Crippen LogP contribution < -0.4 is 5.32 Å². The van der Waals surface area contributed by atoms with Crippen LogP contribution in [0.4, 0.5) is 13.2 Å². The second kappa shape index (κ2) is 5.89. The molecular weight excluding hydrogens is 299 g/mol. The van der Waals surface area contributed by atoms with Crippen LogP contribution in [0.3, 0.4) is 0 Å². The summed E-state index contributed by atoms with van der Waals surface area (Å²) >= 11 is 0. The number of ether oxygens (including phenoxy) is 1. The molecule has 0 saturated carbocycles. The van der Waals surface area contributed by atoms with Gasteiger partial charge in [-0.25, -0.2) is 13.2 Å². The number of hydrogen-bond acceptors (Lipinski definition) is 3. The molecule has 22 heavy (non-hydrogen) atoms. The highest BCUT2D eigenvalue weighted by Crippen LogP contribution is 2.39. The highest BCUT2D eigenvalue weighted by atomic mass is 19.2. The SMILES string of the molecule is O=C(NC(CO)c1cc(F)c(F)c(F)c1)C1CC2CCC1O2. The molecule has 1 aromatic rings. The number of carbonyl (C=O) groups excluding carboxylic acids is 1. The molecule has 2 aliphatic rings. The van der Waals surface area contributed by atoms with E-state index in [2.05, 4.69) is 5.32 Å². The summed E-state index contributed by atoms with van der Waals surface area (Å²) in [5, 5.41) is 11.9. The van der Waals surface area contributed by atoms with Crippen LogP contribution in [-0.2, 0) is 9.53 Å². The summed E-state index contributed by atoms with van der Waals surface area (Å²) in [5.41, 5.74) is -0.0173. The zero-order chi connectivity index (χ0) is 15.9. The molecule has 1 amide bonds. The molecule has 0 spiro atoms. The molecule has 3 rings (SSSR count). The Morgan fingerprint density at radius 3 is 2.50 bits per heavy atom. The molecule has 2 heterocycles. The quantitative estimate of drug-likeness (QED) is 0.833. The third kappa shape index (κ3) is 2.70. The number of halogens is 3. The Morgan fingerprint density at radius 2 is 2.00 bits per heavy atom. The number of hydrogen-bond donors (Lipinski definition) is 2. The van der Waals surface area contributed by atoms with Gasteiger partial charge in [-0.15, -0.1) is 0 Å². The Hall–Kier alpha value is -1.60. The maximum atomic E-state index is 13.3. The average Bonchev–Trinajstić information content (AvgIpc) is 3.12. The van der Waals surface area contributed by atoms with E-state index in [4.69, 9.17) is 4.74 Å². The van der Waals surface area contributed by atoms with Crippen LogP contribution in [0.2, 0.25) is 0 Å². The Balaban J connectivity index is 1.73. The number of amides is 1. The van der Waals surface area contributed by atoms with Gasteiger partial charge in [-0.1, -0.05) is 0 Å². The first-order chi connectivity index (χ1) is 10.5. The zero-order valence-electron chi connectivity index (χ0n) is 11.7. The smallest absolute Gasteiger partial charge is 0.226 e. The Morgan fingerprint density at radius 1 is 1.32 bits per heavy atom. The lowest BCUT2D eigenvalue weighted by Gasteiger charge is -2.22. The van der Waals surface area contributed by atoms with Gasteiger partial charge in [0.25, 0.3) is 0 Å². The molecule has 7 heteroatoms. The van der Waals surface area contributed by atoms with Crippen molar-refractivity contribution in [3.8, 4) is 0 Å². The van der Waals surface area contributed by atoms with Crippen LogP contribution in [0.5, 0.6) is 0 Å². The number of rotatable bonds is 4. The van der Waals surface area contributed by atoms with Crippen LogP contribution in [-0.4, -0.2) is 29.8 Å². The van der Waals surface area contributed by atoms with E-state index in [1.54, 1.807) is 0 Å². The van der Waals surface area contributed by atoms with Crippen molar-refractivity contribution in [1.29, 1.82) is 0 Å². The number of nitrogens with one attached hydrogen (secondary N) is 1. The van der Waals surface area contributed by atoms with Crippen molar-refractivity contribution in [2.24, 2.45) is 5.92 Å². The minimum atomic E-state index is -1.58. The number of fused-ring (bicyclic) bond motifs is 2. The molecule has 4 nitrogen and oxygen atoms in total. The van der Waals surface area contributed by atoms with E-state index in [1.165, 1.54) is 0 Å². The molecule has 0 aromatic heterocycles. The second-order valence-electron chi connectivity index (χ2n) is 5.76. The van der Waals surface area contributed by atoms with Crippen LogP contribution in [0.1, 0.15) is 30.9 Å². The summed E-state index contributed by atoms with van der Waals surface area (Å²) < 4.78 is 45.1. The van der Waals surface area contributed by atoms with E-state index in [9.17, 15) is 23.1 Å². The van der Waals surface area contributed by atoms with Crippen LogP contribution in [0.25, 0.3) is 0 Å². The number of benzene rings is 1. The fraction of sp³-hybridized carbons (Fsp3) is 0.533. The topological polar surface area (TPSA) is 58.6 Å². The summed E-state index contributed by atoms with van der Waals surface area (Å²) in [7, 11) is 0. The molecule has 4 unspecified atom stereocenters. The lowest BCUT2D eigenvalue weighted by molar-refractivity contribution is -0.127. The summed E-state index contributed by atoms with van der Waals surface area (Å²) in [6, 6.07) is 0.560. The fourth-order valence-corrected chi connectivity index (χ4v) is 3.20. The maximum absolute atomic E-state index is 13.3. The molecule has 2 saturated heterocycles. The Labute approximate surface area is 125 Å². The maximum Gasteiger partial charge on any atom is 0.226 e. The third-order valence-corrected chi connectivity index (χ3v) is 4.35. The van der Waals surface area contributed by atoms with Crippen LogP contribution >= 0.6 is 0 Å². The first-order valence-electron chi connectivity index (χ1n) is 7.20. The van der Waals surface area contributed by atoms with Gasteiger partial charge < -0.3 is 15.2 Å². The molecule has 1 aromatic carbocycles. The molecule has 2 bridgehead atoms. The van der Waals surface area contributed by atoms with Crippen molar-refractivity contribution < 1.29 is 27.8 Å². The molecule has 2 aliphatic heterocycles. The normalized spacial score (nSPS) is 27.9. The van der Waals surface area contributed by atoms with Crippen molar-refractivity contribution in [3.63, 3.8) is 0 Å². The van der Waals surface area contributed by atoms with Gasteiger partial charge in [-0.05, 0) is 37.0 Å². The number of aliphatic hydroxyl groups excluding tert-OH is 1. The van der Waals surface area contributed by atoms with Crippen molar-refractivity contribution >= 4 is 5.91 Å². The van der Waals surface area contributed by atoms with Gasteiger partial charge in [0.05, 0.1) is 30.8 Å². The van der Waals surface area contributed by atoms with Gasteiger partial charge in [0.1, 0.15) is 0 Å². The second-order valence-corrected chi connectivity index (χ2v) is 5.76. The van der Waals surface area contributed by atoms with Crippen LogP contribution in [0.15, 0.2) is 12.1 Å². The van der Waals surface area contributed by atoms with Crippen molar-refractivity contribution in [2.45, 2.75) is 37.5 Å². The average molecular weight is 315 g/mol. The van der Waals surface area contributed by atoms with E-state index in [0.29, 0.717) is 6.42 Å². The van der Waals surface area contributed by atoms with E-state index in [-0.39, 0.29) is 29.6 Å². The van der Waals surface area contributed by atoms with E-state index < -0.39 is 30.1 Å². The van der Waals surface area contributed by atoms with Crippen LogP contribution in [0, 0.1) is 23.4 Å². The monoisotopic (exact) mass is 315 g/mol. The predicted octanol–water partition coefficient (Wildman–Crippen LogP) is 1.82. The van der Waals surface area contributed by atoms with Gasteiger partial charge in [-0.3, -0.25) is 4.79 Å². The highest BCUT2D eigenvalue weighted by Gasteiger charge is 2.44. The van der Waals surface area contributed by atoms with Crippen molar-refractivity contribution in [2.75, 3.05) is 6.61 Å². The lowest BCUT2D eigenvalue weighted by atomic mass is 9.88. The van der Waals surface area contributed by atoms with Crippen molar-refractivity contribution in [1.82, 2.24) is 5.32 Å². The molecule has 120 valence electrons. The Kier molecular flexibility index (Phi) is 4.10. The first-order valence-corrected chi connectivity index (χ1v) is 7.20. The summed E-state index contributed by atoms with van der Waals surface area (Å²) in [6.07, 6.45) is 2.32. The molecule has 2 N–H and O–H groups in total. The molecule has 4 atom stereocenters. The summed E-state index contributed by atoms with van der Waals surface area (Å²) in [5.74, 6) is -4.93. The standard InChI is InChI=1S/C15H16F3NO3/c16-10-3-7(4-11(17)14(10)18)12(6-20)19-15(21)9-5-8-1-2-13(9)22-8/h3-4,8-9,12-13,20H,1-2,5-6H2,(H,19,21). The predicted molar refractivity (Wildman–Crippen MR) is 70.3 cm³/mol. The molecule has 0 aliphatic carbocycles. The minimum absolute atomic E-state index is 0.0173. The first kappa shape index (κ1) is 15.3. The molecular formula is C15H16F3NO3. The number of aliphatic hydroxyl groups is 1. The minimum Gasteiger partial charge on any atom is -0.394 e. The summed E-state index contributed by atoms with van der Waals surface area (Å²) in [4.78, 5) is 12.3. The molecule has 2 fully saturated rings. The molecule has 0 radical (unpaired) electrons.